The molecule has 6 rings (SSSR count). The molecular formula is C29H25N7. The lowest BCUT2D eigenvalue weighted by molar-refractivity contribution is 0.913. The van der Waals surface area contributed by atoms with E-state index in [2.05, 4.69) is 79.3 Å². The first-order valence-corrected chi connectivity index (χ1v) is 12.0. The molecule has 0 unspecified atom stereocenters. The second kappa shape index (κ2) is 9.11. The number of H-pyrrole nitrogens is 2. The first-order valence-electron chi connectivity index (χ1n) is 12.0. The molecule has 0 atom stereocenters. The third kappa shape index (κ3) is 4.01. The van der Waals surface area contributed by atoms with Crippen molar-refractivity contribution < 1.29 is 0 Å². The number of nitrogens with one attached hydrogen (secondary N) is 3. The molecule has 0 spiro atoms. The summed E-state index contributed by atoms with van der Waals surface area (Å²) in [6.07, 6.45) is 11.0. The van der Waals surface area contributed by atoms with Crippen molar-refractivity contribution in [1.82, 2.24) is 30.1 Å². The van der Waals surface area contributed by atoms with E-state index in [0.29, 0.717) is 0 Å². The van der Waals surface area contributed by atoms with Gasteiger partial charge in [0.15, 0.2) is 0 Å². The summed E-state index contributed by atoms with van der Waals surface area (Å²) in [7, 11) is 0. The number of pyridine rings is 3. The van der Waals surface area contributed by atoms with Gasteiger partial charge < -0.3 is 10.3 Å². The van der Waals surface area contributed by atoms with Gasteiger partial charge in [0.25, 0.3) is 0 Å². The molecule has 176 valence electrons. The van der Waals surface area contributed by atoms with E-state index in [-0.39, 0.29) is 0 Å². The number of rotatable bonds is 7. The number of hydrogen-bond acceptors (Lipinski definition) is 5. The molecule has 5 aromatic heterocycles. The third-order valence-electron chi connectivity index (χ3n) is 6.26. The zero-order chi connectivity index (χ0) is 24.5. The minimum Gasteiger partial charge on any atom is -0.358 e. The van der Waals surface area contributed by atoms with Crippen LogP contribution in [-0.2, 0) is 0 Å². The molecule has 7 nitrogen and oxygen atoms in total. The van der Waals surface area contributed by atoms with Crippen molar-refractivity contribution in [2.45, 2.75) is 19.8 Å². The predicted molar refractivity (Wildman–Crippen MR) is 145 cm³/mol. The van der Waals surface area contributed by atoms with Crippen LogP contribution in [0, 0.1) is 0 Å². The van der Waals surface area contributed by atoms with Crippen molar-refractivity contribution in [3.05, 3.63) is 91.8 Å². The van der Waals surface area contributed by atoms with E-state index < -0.39 is 0 Å². The molecule has 0 saturated heterocycles. The van der Waals surface area contributed by atoms with E-state index in [1.54, 1.807) is 6.20 Å². The number of fused-ring (bicyclic) bond motifs is 2. The summed E-state index contributed by atoms with van der Waals surface area (Å²) in [6.45, 7) is 6.23. The second-order valence-electron chi connectivity index (χ2n) is 8.81. The third-order valence-corrected chi connectivity index (χ3v) is 6.26. The molecule has 1 aromatic carbocycles. The number of allylic oxidation sites excluding steroid dienone is 1. The fraction of sp³-hybridized carbons (Fsp3) is 0.103. The Kier molecular flexibility index (Phi) is 5.50. The Balaban J connectivity index is 1.40. The van der Waals surface area contributed by atoms with Crippen LogP contribution in [0.2, 0.25) is 0 Å². The van der Waals surface area contributed by atoms with E-state index in [4.69, 9.17) is 0 Å². The van der Waals surface area contributed by atoms with E-state index >= 15 is 0 Å². The van der Waals surface area contributed by atoms with Crippen LogP contribution in [-0.4, -0.2) is 30.1 Å². The van der Waals surface area contributed by atoms with Gasteiger partial charge in [0, 0.05) is 46.1 Å². The highest BCUT2D eigenvalue weighted by atomic mass is 15.1. The van der Waals surface area contributed by atoms with Gasteiger partial charge in [-0.05, 0) is 53.9 Å². The van der Waals surface area contributed by atoms with Gasteiger partial charge in [-0.15, -0.1) is 0 Å². The lowest BCUT2D eigenvalue weighted by Gasteiger charge is -2.09. The molecule has 0 bridgehead atoms. The molecular weight excluding hydrogens is 446 g/mol. The Hall–Kier alpha value is -4.78. The second-order valence-corrected chi connectivity index (χ2v) is 8.81. The molecule has 7 heteroatoms. The van der Waals surface area contributed by atoms with Crippen LogP contribution in [0.15, 0.2) is 91.8 Å². The van der Waals surface area contributed by atoms with Gasteiger partial charge in [-0.2, -0.15) is 5.10 Å². The maximum Gasteiger partial charge on any atom is 0.116 e. The van der Waals surface area contributed by atoms with Gasteiger partial charge in [-0.25, -0.2) is 0 Å². The number of aromatic nitrogens is 6. The molecule has 3 N–H and O–H groups in total. The smallest absolute Gasteiger partial charge is 0.116 e. The number of aromatic amines is 2. The Bertz CT molecular complexity index is 1700. The zero-order valence-corrected chi connectivity index (χ0v) is 19.9. The highest BCUT2D eigenvalue weighted by molar-refractivity contribution is 6.01. The average Bonchev–Trinajstić information content (AvgIpc) is 3.53. The van der Waals surface area contributed by atoms with Crippen molar-refractivity contribution in [3.8, 4) is 33.8 Å². The summed E-state index contributed by atoms with van der Waals surface area (Å²) >= 11 is 0. The molecule has 0 aliphatic carbocycles. The molecule has 0 amide bonds. The Labute approximate surface area is 208 Å². The predicted octanol–water partition coefficient (Wildman–Crippen LogP) is 6.96. The van der Waals surface area contributed by atoms with Crippen LogP contribution in [0.25, 0.3) is 55.6 Å². The topological polar surface area (TPSA) is 95.2 Å². The lowest BCUT2D eigenvalue weighted by atomic mass is 10.0. The van der Waals surface area contributed by atoms with Crippen LogP contribution >= 0.6 is 0 Å². The zero-order valence-electron chi connectivity index (χ0n) is 19.9. The summed E-state index contributed by atoms with van der Waals surface area (Å²) in [5.41, 5.74) is 9.64. The van der Waals surface area contributed by atoms with E-state index in [9.17, 15) is 0 Å². The van der Waals surface area contributed by atoms with Crippen molar-refractivity contribution in [2.75, 3.05) is 5.32 Å². The van der Waals surface area contributed by atoms with Crippen molar-refractivity contribution in [1.29, 1.82) is 0 Å². The quantitative estimate of drug-likeness (QED) is 0.234. The summed E-state index contributed by atoms with van der Waals surface area (Å²) in [5, 5.41) is 13.2. The average molecular weight is 472 g/mol. The van der Waals surface area contributed by atoms with Gasteiger partial charge in [0.2, 0.25) is 0 Å². The summed E-state index contributed by atoms with van der Waals surface area (Å²) < 4.78 is 0. The molecule has 5 heterocycles. The SMILES string of the molecule is C=C(CCC)Nc1cncc(-c2cc3c(-c4cc5c(-c6ccncc6)cccc5[nH]4)n[nH]c3cn2)c1. The molecule has 0 radical (unpaired) electrons. The number of hydrogen-bond donors (Lipinski definition) is 3. The van der Waals surface area contributed by atoms with Crippen molar-refractivity contribution in [3.63, 3.8) is 0 Å². The molecule has 0 aliphatic heterocycles. The van der Waals surface area contributed by atoms with Crippen molar-refractivity contribution in [2.24, 2.45) is 0 Å². The van der Waals surface area contributed by atoms with Gasteiger partial charge in [0.1, 0.15) is 5.69 Å². The monoisotopic (exact) mass is 471 g/mol. The maximum atomic E-state index is 4.66. The van der Waals surface area contributed by atoms with Crippen molar-refractivity contribution >= 4 is 27.5 Å². The summed E-state index contributed by atoms with van der Waals surface area (Å²) in [6, 6.07) is 16.6. The molecule has 36 heavy (non-hydrogen) atoms. The largest absolute Gasteiger partial charge is 0.358 e. The first-order chi connectivity index (χ1) is 17.7. The lowest BCUT2D eigenvalue weighted by Crippen LogP contribution is -1.98. The Morgan fingerprint density at radius 1 is 0.917 bits per heavy atom. The molecule has 6 aromatic rings. The maximum absolute atomic E-state index is 4.66. The number of anilines is 1. The van der Waals surface area contributed by atoms with Crippen LogP contribution in [0.1, 0.15) is 19.8 Å². The van der Waals surface area contributed by atoms with Gasteiger partial charge in [0.05, 0.1) is 35.0 Å². The van der Waals surface area contributed by atoms with Gasteiger partial charge in [-0.1, -0.05) is 32.1 Å². The Morgan fingerprint density at radius 2 is 1.81 bits per heavy atom. The normalized spacial score (nSPS) is 11.2. The fourth-order valence-corrected chi connectivity index (χ4v) is 4.56. The highest BCUT2D eigenvalue weighted by Crippen LogP contribution is 2.34. The minimum absolute atomic E-state index is 0.830. The minimum atomic E-state index is 0.830. The standard InChI is InChI=1S/C29H25N7/c1-3-5-18(2)33-21-12-20(15-31-16-21)26-14-24-28(17-32-26)35-36-29(24)27-13-23-22(6-4-7-25(23)34-27)19-8-10-30-11-9-19/h4,6-17,33-34H,2-3,5H2,1H3,(H,35,36). The molecule has 0 fully saturated rings. The van der Waals surface area contributed by atoms with E-state index in [1.165, 1.54) is 0 Å². The van der Waals surface area contributed by atoms with Crippen LogP contribution in [0.4, 0.5) is 5.69 Å². The van der Waals surface area contributed by atoms with Gasteiger partial charge in [-0.3, -0.25) is 20.1 Å². The summed E-state index contributed by atoms with van der Waals surface area (Å²) in [4.78, 5) is 16.8. The Morgan fingerprint density at radius 3 is 2.67 bits per heavy atom. The molecule has 0 aliphatic rings. The number of nitrogens with zero attached hydrogens (tertiary/aromatic N) is 4. The fourth-order valence-electron chi connectivity index (χ4n) is 4.56. The van der Waals surface area contributed by atoms with Crippen LogP contribution in [0.3, 0.4) is 0 Å². The molecule has 0 saturated carbocycles. The van der Waals surface area contributed by atoms with E-state index in [1.807, 2.05) is 43.0 Å². The number of benzene rings is 1. The summed E-state index contributed by atoms with van der Waals surface area (Å²) in [5.74, 6) is 0. The van der Waals surface area contributed by atoms with Crippen LogP contribution < -0.4 is 5.32 Å². The van der Waals surface area contributed by atoms with Gasteiger partial charge >= 0.3 is 0 Å². The first kappa shape index (κ1) is 21.7. The van der Waals surface area contributed by atoms with E-state index in [0.717, 1.165) is 79.8 Å². The highest BCUT2D eigenvalue weighted by Gasteiger charge is 2.15. The van der Waals surface area contributed by atoms with Crippen LogP contribution in [0.5, 0.6) is 0 Å².